The molecule has 14 heavy (non-hydrogen) atoms. The minimum Gasteiger partial charge on any atom is -0.463 e. The van der Waals surface area contributed by atoms with Crippen LogP contribution in [0, 0.1) is 5.92 Å². The smallest absolute Gasteiger partial charge is 0.203 e. The SMILES string of the molecule is c1cnc2c(c1)O[C@H]1OCCC[C@@H]1C2. The van der Waals surface area contributed by atoms with Gasteiger partial charge in [0, 0.05) is 18.5 Å². The quantitative estimate of drug-likeness (QED) is 0.626. The molecule has 1 saturated heterocycles. The Labute approximate surface area is 83.1 Å². The second-order valence-corrected chi connectivity index (χ2v) is 3.91. The van der Waals surface area contributed by atoms with Gasteiger partial charge in [0.25, 0.3) is 0 Å². The molecule has 0 saturated carbocycles. The molecule has 74 valence electrons. The van der Waals surface area contributed by atoms with Gasteiger partial charge in [0.1, 0.15) is 5.75 Å². The largest absolute Gasteiger partial charge is 0.463 e. The molecule has 0 aliphatic carbocycles. The molecule has 0 radical (unpaired) electrons. The van der Waals surface area contributed by atoms with Crippen LogP contribution in [0.1, 0.15) is 18.5 Å². The van der Waals surface area contributed by atoms with Crippen molar-refractivity contribution in [1.29, 1.82) is 0 Å². The summed E-state index contributed by atoms with van der Waals surface area (Å²) in [6, 6.07) is 3.87. The first-order valence-corrected chi connectivity index (χ1v) is 5.15. The molecule has 3 rings (SSSR count). The topological polar surface area (TPSA) is 31.4 Å². The summed E-state index contributed by atoms with van der Waals surface area (Å²) in [5, 5.41) is 0. The van der Waals surface area contributed by atoms with Crippen LogP contribution in [0.5, 0.6) is 5.75 Å². The van der Waals surface area contributed by atoms with Crippen molar-refractivity contribution in [3.63, 3.8) is 0 Å². The average molecular weight is 191 g/mol. The summed E-state index contributed by atoms with van der Waals surface area (Å²) in [6.07, 6.45) is 5.14. The summed E-state index contributed by atoms with van der Waals surface area (Å²) in [5.41, 5.74) is 1.08. The molecule has 0 unspecified atom stereocenters. The second kappa shape index (κ2) is 3.24. The zero-order valence-electron chi connectivity index (χ0n) is 7.98. The van der Waals surface area contributed by atoms with E-state index >= 15 is 0 Å². The molecule has 0 bridgehead atoms. The summed E-state index contributed by atoms with van der Waals surface area (Å²) in [5.74, 6) is 1.40. The molecule has 2 atom stereocenters. The number of nitrogens with zero attached hydrogens (tertiary/aromatic N) is 1. The minimum atomic E-state index is -0.0274. The van der Waals surface area contributed by atoms with E-state index in [9.17, 15) is 0 Å². The fourth-order valence-electron chi connectivity index (χ4n) is 2.20. The van der Waals surface area contributed by atoms with Gasteiger partial charge < -0.3 is 9.47 Å². The lowest BCUT2D eigenvalue weighted by Crippen LogP contribution is -2.39. The molecule has 0 N–H and O–H groups in total. The maximum absolute atomic E-state index is 5.75. The Morgan fingerprint density at radius 2 is 2.43 bits per heavy atom. The lowest BCUT2D eigenvalue weighted by Gasteiger charge is -2.35. The van der Waals surface area contributed by atoms with E-state index in [0.717, 1.165) is 30.9 Å². The molecule has 3 nitrogen and oxygen atoms in total. The first kappa shape index (κ1) is 8.24. The lowest BCUT2D eigenvalue weighted by atomic mass is 9.92. The van der Waals surface area contributed by atoms with E-state index in [1.165, 1.54) is 6.42 Å². The van der Waals surface area contributed by atoms with Crippen LogP contribution in [-0.2, 0) is 11.2 Å². The molecule has 1 fully saturated rings. The van der Waals surface area contributed by atoms with Gasteiger partial charge in [-0.2, -0.15) is 0 Å². The molecule has 2 aliphatic rings. The molecular weight excluding hydrogens is 178 g/mol. The predicted octanol–water partition coefficient (Wildman–Crippen LogP) is 1.77. The molecule has 3 heteroatoms. The van der Waals surface area contributed by atoms with Gasteiger partial charge in [0.15, 0.2) is 0 Å². The Bertz CT molecular complexity index is 307. The van der Waals surface area contributed by atoms with Crippen LogP contribution in [0.2, 0.25) is 0 Å². The van der Waals surface area contributed by atoms with Crippen LogP contribution in [0.15, 0.2) is 18.3 Å². The van der Waals surface area contributed by atoms with Crippen LogP contribution in [0.4, 0.5) is 0 Å². The average Bonchev–Trinajstić information content (AvgIpc) is 2.26. The molecule has 0 aromatic carbocycles. The van der Waals surface area contributed by atoms with Crippen LogP contribution >= 0.6 is 0 Å². The predicted molar refractivity (Wildman–Crippen MR) is 51.0 cm³/mol. The minimum absolute atomic E-state index is 0.0274. The molecule has 1 aromatic heterocycles. The van der Waals surface area contributed by atoms with Crippen LogP contribution < -0.4 is 4.74 Å². The standard InChI is InChI=1S/C11H13NO2/c1-4-10-9(12-5-1)7-8-3-2-6-13-11(8)14-10/h1,4-5,8,11H,2-3,6-7H2/t8-,11-/m1/s1. The van der Waals surface area contributed by atoms with E-state index in [2.05, 4.69) is 4.98 Å². The third-order valence-corrected chi connectivity index (χ3v) is 2.93. The lowest BCUT2D eigenvalue weighted by molar-refractivity contribution is -0.149. The highest BCUT2D eigenvalue weighted by atomic mass is 16.7. The van der Waals surface area contributed by atoms with Crippen molar-refractivity contribution in [2.45, 2.75) is 25.6 Å². The van der Waals surface area contributed by atoms with E-state index in [0.29, 0.717) is 5.92 Å². The second-order valence-electron chi connectivity index (χ2n) is 3.91. The van der Waals surface area contributed by atoms with Gasteiger partial charge in [0.2, 0.25) is 6.29 Å². The summed E-state index contributed by atoms with van der Waals surface area (Å²) in [6.45, 7) is 0.830. The number of pyridine rings is 1. The number of hydrogen-bond donors (Lipinski definition) is 0. The highest BCUT2D eigenvalue weighted by molar-refractivity contribution is 5.29. The molecule has 2 aliphatic heterocycles. The summed E-state index contributed by atoms with van der Waals surface area (Å²) < 4.78 is 11.3. The van der Waals surface area contributed by atoms with E-state index < -0.39 is 0 Å². The van der Waals surface area contributed by atoms with Gasteiger partial charge in [-0.25, -0.2) is 0 Å². The third kappa shape index (κ3) is 1.28. The highest BCUT2D eigenvalue weighted by Crippen LogP contribution is 2.34. The normalized spacial score (nSPS) is 30.0. The number of rotatable bonds is 0. The summed E-state index contributed by atoms with van der Waals surface area (Å²) in [4.78, 5) is 4.33. The van der Waals surface area contributed by atoms with Crippen molar-refractivity contribution in [1.82, 2.24) is 4.98 Å². The van der Waals surface area contributed by atoms with Crippen molar-refractivity contribution in [2.75, 3.05) is 6.61 Å². The number of aromatic nitrogens is 1. The van der Waals surface area contributed by atoms with E-state index in [4.69, 9.17) is 9.47 Å². The Balaban J connectivity index is 1.91. The highest BCUT2D eigenvalue weighted by Gasteiger charge is 2.33. The number of hydrogen-bond acceptors (Lipinski definition) is 3. The maximum atomic E-state index is 5.75. The molecule has 1 aromatic rings. The van der Waals surface area contributed by atoms with E-state index in [-0.39, 0.29) is 6.29 Å². The monoisotopic (exact) mass is 191 g/mol. The van der Waals surface area contributed by atoms with Crippen molar-refractivity contribution in [2.24, 2.45) is 5.92 Å². The van der Waals surface area contributed by atoms with Gasteiger partial charge in [-0.1, -0.05) is 0 Å². The molecule has 3 heterocycles. The number of ether oxygens (including phenoxy) is 2. The van der Waals surface area contributed by atoms with Crippen molar-refractivity contribution in [3.8, 4) is 5.75 Å². The maximum Gasteiger partial charge on any atom is 0.203 e. The van der Waals surface area contributed by atoms with Crippen LogP contribution in [0.25, 0.3) is 0 Å². The van der Waals surface area contributed by atoms with Gasteiger partial charge in [0.05, 0.1) is 12.3 Å². The van der Waals surface area contributed by atoms with Gasteiger partial charge in [-0.3, -0.25) is 4.98 Å². The van der Waals surface area contributed by atoms with Crippen LogP contribution in [0.3, 0.4) is 0 Å². The fraction of sp³-hybridized carbons (Fsp3) is 0.545. The van der Waals surface area contributed by atoms with E-state index in [1.54, 1.807) is 0 Å². The third-order valence-electron chi connectivity index (χ3n) is 2.93. The van der Waals surface area contributed by atoms with E-state index in [1.807, 2.05) is 18.3 Å². The Morgan fingerprint density at radius 1 is 1.43 bits per heavy atom. The first-order chi connectivity index (χ1) is 6.93. The number of fused-ring (bicyclic) bond motifs is 2. The van der Waals surface area contributed by atoms with Crippen molar-refractivity contribution < 1.29 is 9.47 Å². The molecular formula is C11H13NO2. The van der Waals surface area contributed by atoms with Crippen LogP contribution in [-0.4, -0.2) is 17.9 Å². The summed E-state index contributed by atoms with van der Waals surface area (Å²) >= 11 is 0. The fourth-order valence-corrected chi connectivity index (χ4v) is 2.20. The Hall–Kier alpha value is -1.09. The van der Waals surface area contributed by atoms with Gasteiger partial charge in [-0.05, 0) is 25.0 Å². The first-order valence-electron chi connectivity index (χ1n) is 5.15. The van der Waals surface area contributed by atoms with Crippen molar-refractivity contribution >= 4 is 0 Å². The Morgan fingerprint density at radius 3 is 3.43 bits per heavy atom. The molecule has 0 spiro atoms. The van der Waals surface area contributed by atoms with Gasteiger partial charge in [-0.15, -0.1) is 0 Å². The van der Waals surface area contributed by atoms with Crippen molar-refractivity contribution in [3.05, 3.63) is 24.0 Å². The zero-order valence-corrected chi connectivity index (χ0v) is 7.98. The molecule has 0 amide bonds. The summed E-state index contributed by atoms with van der Waals surface area (Å²) in [7, 11) is 0. The zero-order chi connectivity index (χ0) is 9.38. The van der Waals surface area contributed by atoms with Gasteiger partial charge >= 0.3 is 0 Å². The Kier molecular flexibility index (Phi) is 1.91.